The lowest BCUT2D eigenvalue weighted by Gasteiger charge is -2.32. The molecule has 76 valence electrons. The van der Waals surface area contributed by atoms with Gasteiger partial charge in [0.05, 0.1) is 12.6 Å². The maximum absolute atomic E-state index is 11.2. The minimum atomic E-state index is 0.109. The number of rotatable bonds is 4. The van der Waals surface area contributed by atoms with Crippen molar-refractivity contribution in [3.05, 3.63) is 0 Å². The highest BCUT2D eigenvalue weighted by atomic mass is 16.2. The Morgan fingerprint density at radius 2 is 2.46 bits per heavy atom. The summed E-state index contributed by atoms with van der Waals surface area (Å²) in [6.07, 6.45) is 2.33. The molecule has 0 bridgehead atoms. The molecule has 1 atom stereocenters. The third-order valence-electron chi connectivity index (χ3n) is 2.32. The monoisotopic (exact) mass is 185 g/mol. The van der Waals surface area contributed by atoms with Gasteiger partial charge >= 0.3 is 0 Å². The molecule has 1 unspecified atom stereocenters. The topological polar surface area (TPSA) is 58.4 Å². The Morgan fingerprint density at radius 1 is 1.69 bits per heavy atom. The van der Waals surface area contributed by atoms with Gasteiger partial charge in [0.2, 0.25) is 5.91 Å². The maximum atomic E-state index is 11.2. The van der Waals surface area contributed by atoms with Crippen LogP contribution < -0.4 is 11.1 Å². The molecule has 1 fully saturated rings. The van der Waals surface area contributed by atoms with Crippen LogP contribution in [0.2, 0.25) is 0 Å². The van der Waals surface area contributed by atoms with E-state index >= 15 is 0 Å². The number of nitrogens with zero attached hydrogens (tertiary/aromatic N) is 1. The number of carbonyl (C=O) groups is 1. The third kappa shape index (κ3) is 3.32. The largest absolute Gasteiger partial charge is 0.350 e. The fourth-order valence-corrected chi connectivity index (χ4v) is 1.58. The number of nitrogens with two attached hydrogens (primary N) is 1. The van der Waals surface area contributed by atoms with Crippen LogP contribution in [0.25, 0.3) is 0 Å². The molecule has 0 aromatic rings. The fraction of sp³-hybridized carbons (Fsp3) is 0.889. The summed E-state index contributed by atoms with van der Waals surface area (Å²) < 4.78 is 0. The smallest absolute Gasteiger partial charge is 0.234 e. The van der Waals surface area contributed by atoms with E-state index in [1.807, 2.05) is 0 Å². The number of unbranched alkanes of at least 4 members (excludes halogenated alkanes) is 1. The number of hydrogen-bond donors (Lipinski definition) is 2. The van der Waals surface area contributed by atoms with Crippen molar-refractivity contribution in [2.75, 3.05) is 26.2 Å². The Morgan fingerprint density at radius 3 is 3.08 bits per heavy atom. The molecule has 0 spiro atoms. The van der Waals surface area contributed by atoms with Gasteiger partial charge in [-0.2, -0.15) is 0 Å². The molecule has 1 heterocycles. The Hall–Kier alpha value is -0.610. The molecule has 1 amide bonds. The van der Waals surface area contributed by atoms with Gasteiger partial charge in [0, 0.05) is 13.1 Å². The van der Waals surface area contributed by atoms with Crippen molar-refractivity contribution < 1.29 is 4.79 Å². The summed E-state index contributed by atoms with van der Waals surface area (Å²) in [6.45, 7) is 5.15. The van der Waals surface area contributed by atoms with Crippen LogP contribution in [0, 0.1) is 0 Å². The normalized spacial score (nSPS) is 24.5. The van der Waals surface area contributed by atoms with Gasteiger partial charge in [-0.05, 0) is 13.0 Å². The number of carbonyl (C=O) groups excluding carboxylic acids is 1. The predicted molar refractivity (Wildman–Crippen MR) is 52.3 cm³/mol. The molecule has 1 saturated heterocycles. The van der Waals surface area contributed by atoms with Gasteiger partial charge in [0.25, 0.3) is 0 Å². The molecule has 0 aromatic carbocycles. The lowest BCUT2D eigenvalue weighted by atomic mass is 10.2. The maximum Gasteiger partial charge on any atom is 0.234 e. The van der Waals surface area contributed by atoms with Gasteiger partial charge in [-0.25, -0.2) is 0 Å². The van der Waals surface area contributed by atoms with Crippen LogP contribution in [0.3, 0.4) is 0 Å². The van der Waals surface area contributed by atoms with Gasteiger partial charge in [-0.3, -0.25) is 9.69 Å². The van der Waals surface area contributed by atoms with E-state index < -0.39 is 0 Å². The number of piperazine rings is 1. The highest BCUT2D eigenvalue weighted by Gasteiger charge is 2.22. The minimum Gasteiger partial charge on any atom is -0.350 e. The molecule has 4 nitrogen and oxygen atoms in total. The quantitative estimate of drug-likeness (QED) is 0.623. The molecule has 4 heteroatoms. The standard InChI is InChI=1S/C9H19N3O/c1-2-3-4-12-6-8(5-10)11-9(13)7-12/h8H,2-7,10H2,1H3,(H,11,13). The van der Waals surface area contributed by atoms with Crippen molar-refractivity contribution in [2.45, 2.75) is 25.8 Å². The molecule has 1 rings (SSSR count). The van der Waals surface area contributed by atoms with Gasteiger partial charge in [0.15, 0.2) is 0 Å². The van der Waals surface area contributed by atoms with E-state index in [0.717, 1.165) is 19.5 Å². The van der Waals surface area contributed by atoms with E-state index in [2.05, 4.69) is 17.1 Å². The van der Waals surface area contributed by atoms with Gasteiger partial charge in [0.1, 0.15) is 0 Å². The SMILES string of the molecule is CCCCN1CC(=O)NC(CN)C1. The van der Waals surface area contributed by atoms with Crippen molar-refractivity contribution in [3.63, 3.8) is 0 Å². The molecule has 0 radical (unpaired) electrons. The first kappa shape index (κ1) is 10.5. The van der Waals surface area contributed by atoms with Crippen molar-refractivity contribution >= 4 is 5.91 Å². The molecule has 1 aliphatic heterocycles. The van der Waals surface area contributed by atoms with Crippen LogP contribution in [-0.4, -0.2) is 43.0 Å². The average Bonchev–Trinajstić information content (AvgIpc) is 2.14. The molecule has 3 N–H and O–H groups in total. The fourth-order valence-electron chi connectivity index (χ4n) is 1.58. The highest BCUT2D eigenvalue weighted by molar-refractivity contribution is 5.79. The first-order valence-corrected chi connectivity index (χ1v) is 4.98. The summed E-state index contributed by atoms with van der Waals surface area (Å²) in [7, 11) is 0. The lowest BCUT2D eigenvalue weighted by molar-refractivity contribution is -0.125. The second-order valence-corrected chi connectivity index (χ2v) is 3.59. The Balaban J connectivity index is 2.33. The molecule has 13 heavy (non-hydrogen) atoms. The zero-order valence-electron chi connectivity index (χ0n) is 8.25. The first-order valence-electron chi connectivity index (χ1n) is 4.98. The average molecular weight is 185 g/mol. The minimum absolute atomic E-state index is 0.109. The van der Waals surface area contributed by atoms with Crippen LogP contribution in [0.1, 0.15) is 19.8 Å². The van der Waals surface area contributed by atoms with Crippen LogP contribution in [0.5, 0.6) is 0 Å². The molecular weight excluding hydrogens is 166 g/mol. The summed E-state index contributed by atoms with van der Waals surface area (Å²) in [6, 6.07) is 0.151. The highest BCUT2D eigenvalue weighted by Crippen LogP contribution is 2.01. The van der Waals surface area contributed by atoms with E-state index in [0.29, 0.717) is 13.1 Å². The van der Waals surface area contributed by atoms with Crippen LogP contribution in [-0.2, 0) is 4.79 Å². The second-order valence-electron chi connectivity index (χ2n) is 3.59. The number of nitrogens with one attached hydrogen (secondary N) is 1. The van der Waals surface area contributed by atoms with E-state index in [4.69, 9.17) is 5.73 Å². The van der Waals surface area contributed by atoms with E-state index in [1.165, 1.54) is 6.42 Å². The summed E-state index contributed by atoms with van der Waals surface area (Å²) >= 11 is 0. The summed E-state index contributed by atoms with van der Waals surface area (Å²) in [5, 5.41) is 2.87. The van der Waals surface area contributed by atoms with Gasteiger partial charge < -0.3 is 11.1 Å². The molecule has 0 aromatic heterocycles. The molecule has 0 saturated carbocycles. The molecule has 1 aliphatic rings. The zero-order chi connectivity index (χ0) is 9.68. The van der Waals surface area contributed by atoms with E-state index in [1.54, 1.807) is 0 Å². The second kappa shape index (κ2) is 5.19. The molecule has 0 aliphatic carbocycles. The van der Waals surface area contributed by atoms with Crippen molar-refractivity contribution in [3.8, 4) is 0 Å². The number of hydrogen-bond acceptors (Lipinski definition) is 3. The van der Waals surface area contributed by atoms with Crippen molar-refractivity contribution in [1.82, 2.24) is 10.2 Å². The summed E-state index contributed by atoms with van der Waals surface area (Å²) in [5.41, 5.74) is 5.51. The van der Waals surface area contributed by atoms with E-state index in [9.17, 15) is 4.79 Å². The Bertz CT molecular complexity index is 172. The zero-order valence-corrected chi connectivity index (χ0v) is 8.25. The number of amides is 1. The Labute approximate surface area is 79.5 Å². The summed E-state index contributed by atoms with van der Waals surface area (Å²) in [4.78, 5) is 13.4. The van der Waals surface area contributed by atoms with Gasteiger partial charge in [-0.15, -0.1) is 0 Å². The van der Waals surface area contributed by atoms with Crippen LogP contribution >= 0.6 is 0 Å². The Kier molecular flexibility index (Phi) is 4.18. The predicted octanol–water partition coefficient (Wildman–Crippen LogP) is -0.454. The van der Waals surface area contributed by atoms with E-state index in [-0.39, 0.29) is 11.9 Å². The molecular formula is C9H19N3O. The third-order valence-corrected chi connectivity index (χ3v) is 2.32. The lowest BCUT2D eigenvalue weighted by Crippen LogP contribution is -2.56. The van der Waals surface area contributed by atoms with Gasteiger partial charge in [-0.1, -0.05) is 13.3 Å². The first-order chi connectivity index (χ1) is 6.26. The van der Waals surface area contributed by atoms with Crippen molar-refractivity contribution in [2.24, 2.45) is 5.73 Å². The van der Waals surface area contributed by atoms with Crippen molar-refractivity contribution in [1.29, 1.82) is 0 Å². The van der Waals surface area contributed by atoms with Crippen LogP contribution in [0.15, 0.2) is 0 Å². The summed E-state index contributed by atoms with van der Waals surface area (Å²) in [5.74, 6) is 0.109. The van der Waals surface area contributed by atoms with Crippen LogP contribution in [0.4, 0.5) is 0 Å².